The highest BCUT2D eigenvalue weighted by Crippen LogP contribution is 2.53. The molecule has 10 rings (SSSR count). The third-order valence-electron chi connectivity index (χ3n) is 11.9. The highest BCUT2D eigenvalue weighted by molar-refractivity contribution is 6.03. The molecular formula is C57H43N. The molecule has 0 atom stereocenters. The van der Waals surface area contributed by atoms with Crippen LogP contribution in [0.25, 0.3) is 66.8 Å². The predicted octanol–water partition coefficient (Wildman–Crippen LogP) is 15.8. The fourth-order valence-corrected chi connectivity index (χ4v) is 9.08. The monoisotopic (exact) mass is 741 g/mol. The van der Waals surface area contributed by atoms with Crippen LogP contribution in [0.3, 0.4) is 0 Å². The molecule has 0 N–H and O–H groups in total. The lowest BCUT2D eigenvalue weighted by molar-refractivity contribution is 0.660. The molecule has 1 aliphatic rings. The van der Waals surface area contributed by atoms with Crippen molar-refractivity contribution in [1.29, 1.82) is 0 Å². The highest BCUT2D eigenvalue weighted by atomic mass is 15.1. The van der Waals surface area contributed by atoms with Crippen LogP contribution >= 0.6 is 0 Å². The van der Waals surface area contributed by atoms with Gasteiger partial charge in [0.15, 0.2) is 0 Å². The summed E-state index contributed by atoms with van der Waals surface area (Å²) < 4.78 is 0. The molecule has 9 aromatic carbocycles. The molecule has 0 saturated carbocycles. The third kappa shape index (κ3) is 6.13. The Hall–Kier alpha value is -7.22. The minimum absolute atomic E-state index is 0.149. The van der Waals surface area contributed by atoms with E-state index in [1.807, 2.05) is 0 Å². The van der Waals surface area contributed by atoms with Gasteiger partial charge >= 0.3 is 0 Å². The zero-order valence-electron chi connectivity index (χ0n) is 32.8. The first-order chi connectivity index (χ1) is 28.6. The van der Waals surface area contributed by atoms with E-state index in [0.29, 0.717) is 0 Å². The van der Waals surface area contributed by atoms with Gasteiger partial charge in [-0.3, -0.25) is 0 Å². The lowest BCUT2D eigenvalue weighted by Gasteiger charge is -2.31. The van der Waals surface area contributed by atoms with Gasteiger partial charge in [0.05, 0.1) is 5.69 Å². The van der Waals surface area contributed by atoms with E-state index in [9.17, 15) is 0 Å². The third-order valence-corrected chi connectivity index (χ3v) is 11.9. The lowest BCUT2D eigenvalue weighted by atomic mass is 9.82. The SMILES string of the molecule is CC1(C)c2ccccc2-c2ccc(N(c3ccc(-c4ccccc4)cc3)c3cccc(-c4ccccc4-c4ccccc4)c3-c3ccccc3-c3ccccc3)cc21. The average Bonchev–Trinajstić information content (AvgIpc) is 3.52. The summed E-state index contributed by atoms with van der Waals surface area (Å²) in [5.41, 5.74) is 20.4. The van der Waals surface area contributed by atoms with Crippen molar-refractivity contribution >= 4 is 17.1 Å². The summed E-state index contributed by atoms with van der Waals surface area (Å²) in [7, 11) is 0. The van der Waals surface area contributed by atoms with E-state index in [-0.39, 0.29) is 5.41 Å². The second kappa shape index (κ2) is 14.7. The molecule has 0 bridgehead atoms. The smallest absolute Gasteiger partial charge is 0.0546 e. The molecule has 0 aromatic heterocycles. The van der Waals surface area contributed by atoms with E-state index < -0.39 is 0 Å². The van der Waals surface area contributed by atoms with Gasteiger partial charge < -0.3 is 4.90 Å². The number of nitrogens with zero attached hydrogens (tertiary/aromatic N) is 1. The molecule has 1 heteroatoms. The average molecular weight is 742 g/mol. The number of benzene rings is 9. The zero-order chi connectivity index (χ0) is 39.1. The Morgan fingerprint density at radius 3 is 1.38 bits per heavy atom. The first-order valence-electron chi connectivity index (χ1n) is 20.2. The van der Waals surface area contributed by atoms with Crippen LogP contribution in [0.15, 0.2) is 224 Å². The number of anilines is 3. The summed E-state index contributed by atoms with van der Waals surface area (Å²) in [6.07, 6.45) is 0. The van der Waals surface area contributed by atoms with Crippen molar-refractivity contribution in [2.45, 2.75) is 19.3 Å². The molecule has 58 heavy (non-hydrogen) atoms. The first kappa shape index (κ1) is 35.2. The Balaban J connectivity index is 1.27. The minimum atomic E-state index is -0.149. The van der Waals surface area contributed by atoms with Crippen LogP contribution in [0.4, 0.5) is 17.1 Å². The van der Waals surface area contributed by atoms with E-state index in [4.69, 9.17) is 0 Å². The second-order valence-electron chi connectivity index (χ2n) is 15.7. The summed E-state index contributed by atoms with van der Waals surface area (Å²) in [6, 6.07) is 81.9. The van der Waals surface area contributed by atoms with Crippen LogP contribution in [0.5, 0.6) is 0 Å². The summed E-state index contributed by atoms with van der Waals surface area (Å²) >= 11 is 0. The van der Waals surface area contributed by atoms with Crippen LogP contribution in [0.1, 0.15) is 25.0 Å². The van der Waals surface area contributed by atoms with Gasteiger partial charge in [-0.25, -0.2) is 0 Å². The number of rotatable bonds is 8. The first-order valence-corrected chi connectivity index (χ1v) is 20.2. The normalized spacial score (nSPS) is 12.4. The van der Waals surface area contributed by atoms with Crippen LogP contribution in [0.2, 0.25) is 0 Å². The van der Waals surface area contributed by atoms with Gasteiger partial charge in [-0.05, 0) is 103 Å². The molecule has 0 aliphatic heterocycles. The Morgan fingerprint density at radius 1 is 0.293 bits per heavy atom. The van der Waals surface area contributed by atoms with E-state index in [2.05, 4.69) is 243 Å². The van der Waals surface area contributed by atoms with Crippen molar-refractivity contribution < 1.29 is 0 Å². The molecule has 0 saturated heterocycles. The summed E-state index contributed by atoms with van der Waals surface area (Å²) in [6.45, 7) is 4.73. The maximum atomic E-state index is 2.49. The molecule has 1 nitrogen and oxygen atoms in total. The van der Waals surface area contributed by atoms with Crippen molar-refractivity contribution in [3.8, 4) is 66.8 Å². The number of hydrogen-bond acceptors (Lipinski definition) is 1. The summed E-state index contributed by atoms with van der Waals surface area (Å²) in [4.78, 5) is 2.49. The van der Waals surface area contributed by atoms with Crippen LogP contribution < -0.4 is 4.90 Å². The van der Waals surface area contributed by atoms with Crippen LogP contribution in [-0.4, -0.2) is 0 Å². The van der Waals surface area contributed by atoms with Crippen molar-refractivity contribution in [3.63, 3.8) is 0 Å². The minimum Gasteiger partial charge on any atom is -0.310 e. The summed E-state index contributed by atoms with van der Waals surface area (Å²) in [5, 5.41) is 0. The Morgan fingerprint density at radius 2 is 0.741 bits per heavy atom. The maximum absolute atomic E-state index is 2.49. The quantitative estimate of drug-likeness (QED) is 0.150. The molecule has 0 amide bonds. The Bertz CT molecular complexity index is 2890. The van der Waals surface area contributed by atoms with E-state index >= 15 is 0 Å². The van der Waals surface area contributed by atoms with Gasteiger partial charge in [0.25, 0.3) is 0 Å². The van der Waals surface area contributed by atoms with Gasteiger partial charge in [-0.15, -0.1) is 0 Å². The molecule has 9 aromatic rings. The molecule has 0 heterocycles. The summed E-state index contributed by atoms with van der Waals surface area (Å²) in [5.74, 6) is 0. The zero-order valence-corrected chi connectivity index (χ0v) is 32.8. The van der Waals surface area contributed by atoms with E-state index in [1.54, 1.807) is 0 Å². The van der Waals surface area contributed by atoms with Gasteiger partial charge in [0.2, 0.25) is 0 Å². The molecule has 0 spiro atoms. The maximum Gasteiger partial charge on any atom is 0.0546 e. The van der Waals surface area contributed by atoms with Crippen molar-refractivity contribution in [2.24, 2.45) is 0 Å². The Kier molecular flexibility index (Phi) is 8.92. The largest absolute Gasteiger partial charge is 0.310 e. The van der Waals surface area contributed by atoms with Gasteiger partial charge in [0.1, 0.15) is 0 Å². The standard InChI is InChI=1S/C57H43N/c1-57(2)53-31-17-16-28-49(53)50-38-37-45(39-54(50)57)58(44-35-33-41(34-36-44)40-19-6-3-7-20-40)55-32-18-30-52(48-27-14-12-25-46(48)42-21-8-4-9-22-42)56(55)51-29-15-13-26-47(51)43-23-10-5-11-24-43/h3-39H,1-2H3. The molecule has 0 radical (unpaired) electrons. The molecule has 0 unspecified atom stereocenters. The molecular weight excluding hydrogens is 699 g/mol. The van der Waals surface area contributed by atoms with Gasteiger partial charge in [-0.1, -0.05) is 208 Å². The van der Waals surface area contributed by atoms with E-state index in [0.717, 1.165) is 17.1 Å². The fourth-order valence-electron chi connectivity index (χ4n) is 9.08. The van der Waals surface area contributed by atoms with Gasteiger partial charge in [0, 0.05) is 22.4 Å². The van der Waals surface area contributed by atoms with Crippen molar-refractivity contribution in [1.82, 2.24) is 0 Å². The molecule has 0 fully saturated rings. The Labute approximate surface area is 342 Å². The second-order valence-corrected chi connectivity index (χ2v) is 15.7. The highest BCUT2D eigenvalue weighted by Gasteiger charge is 2.36. The number of hydrogen-bond donors (Lipinski definition) is 0. The fraction of sp³-hybridized carbons (Fsp3) is 0.0526. The lowest BCUT2D eigenvalue weighted by Crippen LogP contribution is -2.17. The molecule has 1 aliphatic carbocycles. The van der Waals surface area contributed by atoms with Crippen LogP contribution in [0, 0.1) is 0 Å². The van der Waals surface area contributed by atoms with Crippen molar-refractivity contribution in [3.05, 3.63) is 236 Å². The van der Waals surface area contributed by atoms with E-state index in [1.165, 1.54) is 77.9 Å². The molecule has 276 valence electrons. The van der Waals surface area contributed by atoms with Gasteiger partial charge in [-0.2, -0.15) is 0 Å². The van der Waals surface area contributed by atoms with Crippen LogP contribution in [-0.2, 0) is 5.41 Å². The van der Waals surface area contributed by atoms with Crippen molar-refractivity contribution in [2.75, 3.05) is 4.90 Å². The topological polar surface area (TPSA) is 3.24 Å². The predicted molar refractivity (Wildman–Crippen MR) is 246 cm³/mol. The number of fused-ring (bicyclic) bond motifs is 3.